The predicted molar refractivity (Wildman–Crippen MR) is 114 cm³/mol. The minimum atomic E-state index is -0.704. The van der Waals surface area contributed by atoms with Crippen LogP contribution < -0.4 is 25.2 Å². The summed E-state index contributed by atoms with van der Waals surface area (Å²) in [4.78, 5) is 24.8. The normalized spacial score (nSPS) is 10.6. The summed E-state index contributed by atoms with van der Waals surface area (Å²) >= 11 is 0. The van der Waals surface area contributed by atoms with Gasteiger partial charge in [-0.1, -0.05) is 18.2 Å². The number of methoxy groups -OCH3 is 1. The smallest absolute Gasteiger partial charge is 0.349 e. The number of rotatable bonds is 9. The molecule has 0 saturated carbocycles. The molecule has 0 spiro atoms. The Bertz CT molecular complexity index is 1090. The standard InChI is InChI=1S/C23H25NO6/c1-4-28-18-10-9-15(13-20(18)29-5-2)11-12-24-22(25)17-14-16-7-6-8-19(27-3)21(16)30-23(17)26/h6-10,13-14H,4-5,11-12H2,1-3H3,(H,24,25). The summed E-state index contributed by atoms with van der Waals surface area (Å²) in [6.45, 7) is 5.26. The summed E-state index contributed by atoms with van der Waals surface area (Å²) in [6.07, 6.45) is 0.574. The van der Waals surface area contributed by atoms with E-state index in [1.165, 1.54) is 13.2 Å². The third-order valence-corrected chi connectivity index (χ3v) is 4.50. The predicted octanol–water partition coefficient (Wildman–Crippen LogP) is 3.57. The fourth-order valence-corrected chi connectivity index (χ4v) is 3.10. The number of nitrogens with one attached hydrogen (secondary N) is 1. The average molecular weight is 411 g/mol. The lowest BCUT2D eigenvalue weighted by Gasteiger charge is -2.12. The van der Waals surface area contributed by atoms with Crippen LogP contribution in [0.5, 0.6) is 17.2 Å². The zero-order valence-electron chi connectivity index (χ0n) is 17.3. The van der Waals surface area contributed by atoms with Gasteiger partial charge in [0.05, 0.1) is 20.3 Å². The van der Waals surface area contributed by atoms with E-state index in [9.17, 15) is 9.59 Å². The van der Waals surface area contributed by atoms with Crippen molar-refractivity contribution in [2.24, 2.45) is 0 Å². The van der Waals surface area contributed by atoms with Crippen molar-refractivity contribution in [3.8, 4) is 17.2 Å². The van der Waals surface area contributed by atoms with E-state index in [2.05, 4.69) is 5.32 Å². The SMILES string of the molecule is CCOc1ccc(CCNC(=O)c2cc3cccc(OC)c3oc2=O)cc1OCC. The molecule has 0 fully saturated rings. The first-order chi connectivity index (χ1) is 14.6. The highest BCUT2D eigenvalue weighted by atomic mass is 16.5. The fraction of sp³-hybridized carbons (Fsp3) is 0.304. The number of fused-ring (bicyclic) bond motifs is 1. The highest BCUT2D eigenvalue weighted by Gasteiger charge is 2.15. The Hall–Kier alpha value is -3.48. The van der Waals surface area contributed by atoms with E-state index in [1.807, 2.05) is 32.0 Å². The summed E-state index contributed by atoms with van der Waals surface area (Å²) in [7, 11) is 1.49. The average Bonchev–Trinajstić information content (AvgIpc) is 2.74. The van der Waals surface area contributed by atoms with Gasteiger partial charge in [0.1, 0.15) is 5.56 Å². The van der Waals surface area contributed by atoms with Crippen LogP contribution in [0.15, 0.2) is 51.7 Å². The Morgan fingerprint density at radius 3 is 2.50 bits per heavy atom. The molecule has 158 valence electrons. The van der Waals surface area contributed by atoms with Crippen molar-refractivity contribution in [2.75, 3.05) is 26.9 Å². The molecule has 1 heterocycles. The summed E-state index contributed by atoms with van der Waals surface area (Å²) < 4.78 is 21.7. The number of hydrogen-bond donors (Lipinski definition) is 1. The summed E-state index contributed by atoms with van der Waals surface area (Å²) in [5.74, 6) is 1.32. The van der Waals surface area contributed by atoms with Crippen LogP contribution in [0.4, 0.5) is 0 Å². The van der Waals surface area contributed by atoms with E-state index in [0.29, 0.717) is 54.4 Å². The van der Waals surface area contributed by atoms with Gasteiger partial charge in [-0.05, 0) is 50.1 Å². The number of carbonyl (C=O) groups excluding carboxylic acids is 1. The lowest BCUT2D eigenvalue weighted by molar-refractivity contribution is 0.0950. The largest absolute Gasteiger partial charge is 0.493 e. The molecule has 7 heteroatoms. The topological polar surface area (TPSA) is 87.0 Å². The van der Waals surface area contributed by atoms with Crippen molar-refractivity contribution >= 4 is 16.9 Å². The highest BCUT2D eigenvalue weighted by molar-refractivity contribution is 5.97. The maximum absolute atomic E-state index is 12.5. The molecule has 0 saturated heterocycles. The Morgan fingerprint density at radius 1 is 1.00 bits per heavy atom. The number of ether oxygens (including phenoxy) is 3. The molecule has 3 rings (SSSR count). The molecule has 0 bridgehead atoms. The van der Waals surface area contributed by atoms with Crippen molar-refractivity contribution in [1.29, 1.82) is 0 Å². The van der Waals surface area contributed by atoms with Crippen molar-refractivity contribution in [2.45, 2.75) is 20.3 Å². The zero-order valence-corrected chi connectivity index (χ0v) is 17.3. The highest BCUT2D eigenvalue weighted by Crippen LogP contribution is 2.28. The van der Waals surface area contributed by atoms with Crippen molar-refractivity contribution in [3.63, 3.8) is 0 Å². The van der Waals surface area contributed by atoms with Crippen LogP contribution in [-0.2, 0) is 6.42 Å². The number of amides is 1. The van der Waals surface area contributed by atoms with Crippen LogP contribution in [0.25, 0.3) is 11.0 Å². The van der Waals surface area contributed by atoms with Gasteiger partial charge in [-0.2, -0.15) is 0 Å². The molecule has 0 unspecified atom stereocenters. The summed E-state index contributed by atoms with van der Waals surface area (Å²) in [5.41, 5.74) is 0.554. The number of para-hydroxylation sites is 1. The van der Waals surface area contributed by atoms with Gasteiger partial charge in [0.2, 0.25) is 0 Å². The second-order valence-corrected chi connectivity index (χ2v) is 6.48. The molecule has 2 aromatic carbocycles. The Labute approximate surface area is 174 Å². The molecular formula is C23H25NO6. The van der Waals surface area contributed by atoms with Crippen molar-refractivity contribution in [3.05, 3.63) is 64.0 Å². The summed E-state index contributed by atoms with van der Waals surface area (Å²) in [5, 5.41) is 3.39. The first kappa shape index (κ1) is 21.2. The molecule has 0 aliphatic heterocycles. The lowest BCUT2D eigenvalue weighted by atomic mass is 10.1. The van der Waals surface area contributed by atoms with Gasteiger partial charge in [0.15, 0.2) is 22.8 Å². The molecule has 1 amide bonds. The first-order valence-corrected chi connectivity index (χ1v) is 9.85. The molecule has 30 heavy (non-hydrogen) atoms. The molecule has 7 nitrogen and oxygen atoms in total. The Morgan fingerprint density at radius 2 is 1.77 bits per heavy atom. The van der Waals surface area contributed by atoms with E-state index >= 15 is 0 Å². The molecular weight excluding hydrogens is 386 g/mol. The fourth-order valence-electron chi connectivity index (χ4n) is 3.10. The van der Waals surface area contributed by atoms with Crippen molar-refractivity contribution in [1.82, 2.24) is 5.32 Å². The minimum Gasteiger partial charge on any atom is -0.493 e. The second-order valence-electron chi connectivity index (χ2n) is 6.48. The Kier molecular flexibility index (Phi) is 6.95. The minimum absolute atomic E-state index is 0.0440. The van der Waals surface area contributed by atoms with E-state index in [-0.39, 0.29) is 5.56 Å². The van der Waals surface area contributed by atoms with E-state index in [0.717, 1.165) is 5.56 Å². The van der Waals surface area contributed by atoms with Gasteiger partial charge in [-0.25, -0.2) is 4.79 Å². The zero-order chi connectivity index (χ0) is 21.5. The van der Waals surface area contributed by atoms with E-state index in [4.69, 9.17) is 18.6 Å². The summed E-state index contributed by atoms with van der Waals surface area (Å²) in [6, 6.07) is 12.4. The van der Waals surface area contributed by atoms with E-state index in [1.54, 1.807) is 18.2 Å². The van der Waals surface area contributed by atoms with Crippen LogP contribution in [0.1, 0.15) is 29.8 Å². The van der Waals surface area contributed by atoms with Crippen molar-refractivity contribution < 1.29 is 23.4 Å². The molecule has 3 aromatic rings. The van der Waals surface area contributed by atoms with Gasteiger partial charge in [-0.3, -0.25) is 4.79 Å². The quantitative estimate of drug-likeness (QED) is 0.542. The van der Waals surface area contributed by atoms with Gasteiger partial charge < -0.3 is 23.9 Å². The Balaban J connectivity index is 1.70. The maximum Gasteiger partial charge on any atom is 0.349 e. The molecule has 0 aliphatic rings. The van der Waals surface area contributed by atoms with Gasteiger partial charge in [0.25, 0.3) is 5.91 Å². The first-order valence-electron chi connectivity index (χ1n) is 9.85. The lowest BCUT2D eigenvalue weighted by Crippen LogP contribution is -2.29. The molecule has 0 aliphatic carbocycles. The number of carbonyl (C=O) groups is 1. The second kappa shape index (κ2) is 9.82. The molecule has 1 N–H and O–H groups in total. The van der Waals surface area contributed by atoms with Crippen LogP contribution in [-0.4, -0.2) is 32.8 Å². The third-order valence-electron chi connectivity index (χ3n) is 4.50. The van der Waals surface area contributed by atoms with Gasteiger partial charge in [0, 0.05) is 11.9 Å². The van der Waals surface area contributed by atoms with Crippen LogP contribution in [0, 0.1) is 0 Å². The van der Waals surface area contributed by atoms with Crippen LogP contribution in [0.3, 0.4) is 0 Å². The third kappa shape index (κ3) is 4.74. The number of benzene rings is 2. The van der Waals surface area contributed by atoms with E-state index < -0.39 is 11.5 Å². The van der Waals surface area contributed by atoms with Crippen LogP contribution >= 0.6 is 0 Å². The molecule has 1 aromatic heterocycles. The molecule has 0 atom stereocenters. The van der Waals surface area contributed by atoms with Gasteiger partial charge in [-0.15, -0.1) is 0 Å². The maximum atomic E-state index is 12.5. The van der Waals surface area contributed by atoms with Crippen LogP contribution in [0.2, 0.25) is 0 Å². The number of hydrogen-bond acceptors (Lipinski definition) is 6. The monoisotopic (exact) mass is 411 g/mol. The molecule has 0 radical (unpaired) electrons. The van der Waals surface area contributed by atoms with Gasteiger partial charge >= 0.3 is 5.63 Å².